The lowest BCUT2D eigenvalue weighted by Crippen LogP contribution is -2.60. The summed E-state index contributed by atoms with van der Waals surface area (Å²) in [5, 5.41) is 7.60. The molecule has 3 nitrogen and oxygen atoms in total. The van der Waals surface area contributed by atoms with E-state index in [0.717, 1.165) is 4.88 Å². The van der Waals surface area contributed by atoms with Crippen molar-refractivity contribution in [3.05, 3.63) is 28.5 Å². The van der Waals surface area contributed by atoms with E-state index in [1.807, 2.05) is 17.5 Å². The highest BCUT2D eigenvalue weighted by Crippen LogP contribution is 2.39. The van der Waals surface area contributed by atoms with Crippen molar-refractivity contribution in [1.82, 2.24) is 15.5 Å². The molecule has 0 spiro atoms. The van der Waals surface area contributed by atoms with E-state index >= 15 is 0 Å². The van der Waals surface area contributed by atoms with Crippen LogP contribution in [0.1, 0.15) is 4.88 Å². The lowest BCUT2D eigenvalue weighted by atomic mass is 10.1. The third-order valence-corrected chi connectivity index (χ3v) is 4.45. The highest BCUT2D eigenvalue weighted by molar-refractivity contribution is 7.11. The number of thiophene rings is 1. The number of rotatable bonds is 1. The Balaban J connectivity index is 2.07. The topological polar surface area (TPSA) is 27.3 Å². The van der Waals surface area contributed by atoms with Gasteiger partial charge in [-0.15, -0.1) is 11.3 Å². The van der Waals surface area contributed by atoms with Crippen LogP contribution in [0.3, 0.4) is 0 Å². The average Bonchev–Trinajstić information content (AvgIpc) is 2.95. The predicted octanol–water partition coefficient (Wildman–Crippen LogP) is 1.86. The Kier molecular flexibility index (Phi) is 3.07. The van der Waals surface area contributed by atoms with Crippen LogP contribution in [0.25, 0.3) is 5.70 Å². The molecule has 0 aromatic carbocycles. The summed E-state index contributed by atoms with van der Waals surface area (Å²) in [4.78, 5) is 2.29. The van der Waals surface area contributed by atoms with Gasteiger partial charge in [0.1, 0.15) is 0 Å². The predicted molar refractivity (Wildman–Crippen MR) is 68.7 cm³/mol. The van der Waals surface area contributed by atoms with Crippen molar-refractivity contribution in [1.29, 1.82) is 0 Å². The summed E-state index contributed by atoms with van der Waals surface area (Å²) in [5.41, 5.74) is -1.47. The summed E-state index contributed by atoms with van der Waals surface area (Å²) < 4.78 is 40.5. The third kappa shape index (κ3) is 2.05. The molecule has 1 aromatic rings. The molecule has 0 saturated carbocycles. The fraction of sp³-hybridized carbons (Fsp3) is 0.500. The van der Waals surface area contributed by atoms with Gasteiger partial charge < -0.3 is 5.32 Å². The maximum atomic E-state index is 13.5. The monoisotopic (exact) mass is 289 g/mol. The summed E-state index contributed by atoms with van der Waals surface area (Å²) in [6.07, 6.45) is -3.04. The second-order valence-electron chi connectivity index (χ2n) is 4.64. The maximum absolute atomic E-state index is 13.5. The van der Waals surface area contributed by atoms with E-state index in [4.69, 9.17) is 0 Å². The number of nitrogens with one attached hydrogen (secondary N) is 2. The molecule has 0 amide bonds. The van der Waals surface area contributed by atoms with E-state index in [-0.39, 0.29) is 0 Å². The molecule has 19 heavy (non-hydrogen) atoms. The van der Waals surface area contributed by atoms with Crippen LogP contribution in [0.5, 0.6) is 0 Å². The second kappa shape index (κ2) is 4.50. The van der Waals surface area contributed by atoms with Crippen LogP contribution < -0.4 is 10.6 Å². The zero-order chi connectivity index (χ0) is 13.5. The van der Waals surface area contributed by atoms with Crippen LogP contribution in [-0.4, -0.2) is 42.9 Å². The number of nitrogens with zero attached hydrogens (tertiary/aromatic N) is 1. The van der Waals surface area contributed by atoms with E-state index in [1.165, 1.54) is 22.3 Å². The highest BCUT2D eigenvalue weighted by atomic mass is 32.1. The molecule has 1 unspecified atom stereocenters. The molecular formula is C12H14F3N3S. The molecule has 0 radical (unpaired) electrons. The van der Waals surface area contributed by atoms with Gasteiger partial charge in [0.2, 0.25) is 0 Å². The van der Waals surface area contributed by atoms with Crippen LogP contribution in [-0.2, 0) is 0 Å². The molecule has 1 aromatic heterocycles. The van der Waals surface area contributed by atoms with Crippen molar-refractivity contribution in [2.24, 2.45) is 0 Å². The van der Waals surface area contributed by atoms with Gasteiger partial charge in [-0.25, -0.2) is 0 Å². The van der Waals surface area contributed by atoms with Gasteiger partial charge >= 0.3 is 6.18 Å². The van der Waals surface area contributed by atoms with Gasteiger partial charge in [0.05, 0.1) is 5.70 Å². The van der Waals surface area contributed by atoms with Crippen LogP contribution >= 0.6 is 11.3 Å². The standard InChI is InChI=1S/C12H14F3N3S/c13-12(14,15)11-8-9(10-2-1-7-19-10)16-3-5-18(11)6-4-17-11/h1-2,7-8,16-17H,3-6H2. The number of hydrogen-bond acceptors (Lipinski definition) is 4. The number of fused-ring (bicyclic) bond motifs is 1. The number of alkyl halides is 3. The summed E-state index contributed by atoms with van der Waals surface area (Å²) in [5.74, 6) is 0. The van der Waals surface area contributed by atoms with Crippen molar-refractivity contribution in [2.75, 3.05) is 26.2 Å². The van der Waals surface area contributed by atoms with Gasteiger partial charge in [0, 0.05) is 31.1 Å². The summed E-state index contributed by atoms with van der Waals surface area (Å²) >= 11 is 1.44. The van der Waals surface area contributed by atoms with Gasteiger partial charge in [-0.3, -0.25) is 10.2 Å². The zero-order valence-electron chi connectivity index (χ0n) is 10.1. The van der Waals surface area contributed by atoms with Gasteiger partial charge in [-0.05, 0) is 17.5 Å². The number of hydrogen-bond donors (Lipinski definition) is 2. The fourth-order valence-corrected chi connectivity index (χ4v) is 3.36. The number of halogens is 3. The van der Waals surface area contributed by atoms with Crippen molar-refractivity contribution in [2.45, 2.75) is 11.8 Å². The molecule has 2 aliphatic heterocycles. The van der Waals surface area contributed by atoms with Crippen molar-refractivity contribution < 1.29 is 13.2 Å². The van der Waals surface area contributed by atoms with Gasteiger partial charge in [0.15, 0.2) is 5.66 Å². The Morgan fingerprint density at radius 3 is 2.74 bits per heavy atom. The molecule has 1 saturated heterocycles. The highest BCUT2D eigenvalue weighted by Gasteiger charge is 2.60. The summed E-state index contributed by atoms with van der Waals surface area (Å²) in [6, 6.07) is 3.67. The first-order valence-electron chi connectivity index (χ1n) is 6.10. The van der Waals surface area contributed by atoms with Crippen LogP contribution in [0, 0.1) is 0 Å². The molecule has 3 rings (SSSR count). The largest absolute Gasteiger partial charge is 0.424 e. The average molecular weight is 289 g/mol. The van der Waals surface area contributed by atoms with Crippen LogP contribution in [0.2, 0.25) is 0 Å². The lowest BCUT2D eigenvalue weighted by Gasteiger charge is -2.36. The molecule has 3 heterocycles. The van der Waals surface area contributed by atoms with E-state index in [1.54, 1.807) is 0 Å². The van der Waals surface area contributed by atoms with E-state index in [2.05, 4.69) is 10.6 Å². The van der Waals surface area contributed by atoms with E-state index in [9.17, 15) is 13.2 Å². The first-order chi connectivity index (χ1) is 9.03. The minimum atomic E-state index is -4.34. The lowest BCUT2D eigenvalue weighted by molar-refractivity contribution is -0.212. The Hall–Kier alpha value is -1.05. The van der Waals surface area contributed by atoms with Crippen LogP contribution in [0.4, 0.5) is 13.2 Å². The first-order valence-corrected chi connectivity index (χ1v) is 6.98. The zero-order valence-corrected chi connectivity index (χ0v) is 10.9. The Morgan fingerprint density at radius 1 is 1.26 bits per heavy atom. The molecule has 2 N–H and O–H groups in total. The van der Waals surface area contributed by atoms with Gasteiger partial charge in [0.25, 0.3) is 0 Å². The van der Waals surface area contributed by atoms with Crippen molar-refractivity contribution >= 4 is 17.0 Å². The Morgan fingerprint density at radius 2 is 2.05 bits per heavy atom. The minimum absolute atomic E-state index is 0.355. The van der Waals surface area contributed by atoms with Crippen molar-refractivity contribution in [3.63, 3.8) is 0 Å². The molecule has 0 aliphatic carbocycles. The molecular weight excluding hydrogens is 275 g/mol. The fourth-order valence-electron chi connectivity index (χ4n) is 2.64. The molecule has 7 heteroatoms. The molecule has 1 fully saturated rings. The van der Waals surface area contributed by atoms with Gasteiger partial charge in [-0.1, -0.05) is 6.07 Å². The molecule has 104 valence electrons. The molecule has 2 aliphatic rings. The smallest absolute Gasteiger partial charge is 0.383 e. The Labute approximate surface area is 113 Å². The third-order valence-electron chi connectivity index (χ3n) is 3.54. The van der Waals surface area contributed by atoms with E-state index in [0.29, 0.717) is 31.9 Å². The first kappa shape index (κ1) is 13.0. The quantitative estimate of drug-likeness (QED) is 0.826. The van der Waals surface area contributed by atoms with Crippen LogP contribution in [0.15, 0.2) is 23.6 Å². The molecule has 0 bridgehead atoms. The Bertz CT molecular complexity index is 483. The van der Waals surface area contributed by atoms with E-state index < -0.39 is 11.8 Å². The second-order valence-corrected chi connectivity index (χ2v) is 5.59. The summed E-state index contributed by atoms with van der Waals surface area (Å²) in [7, 11) is 0. The van der Waals surface area contributed by atoms with Crippen molar-refractivity contribution in [3.8, 4) is 0 Å². The maximum Gasteiger partial charge on any atom is 0.424 e. The summed E-state index contributed by atoms with van der Waals surface area (Å²) in [6.45, 7) is 1.66. The molecule has 1 atom stereocenters. The van der Waals surface area contributed by atoms with Gasteiger partial charge in [-0.2, -0.15) is 13.2 Å². The SMILES string of the molecule is FC(F)(F)C12C=C(c3cccs3)NCCN1CCN2. The normalized spacial score (nSPS) is 28.5. The minimum Gasteiger partial charge on any atom is -0.383 e.